The first-order valence-electron chi connectivity index (χ1n) is 8.36. The normalized spacial score (nSPS) is 11.5. The second-order valence-electron chi connectivity index (χ2n) is 6.22. The van der Waals surface area contributed by atoms with Crippen LogP contribution in [0.2, 0.25) is 0 Å². The van der Waals surface area contributed by atoms with E-state index in [0.29, 0.717) is 29.3 Å². The topological polar surface area (TPSA) is 68.9 Å². The summed E-state index contributed by atoms with van der Waals surface area (Å²) in [5.74, 6) is -0.625. The highest BCUT2D eigenvalue weighted by atomic mass is 19.4. The minimum Gasteiger partial charge on any atom is -0.321 e. The summed E-state index contributed by atoms with van der Waals surface area (Å²) in [6.45, 7) is 2.93. The number of halogens is 3. The summed E-state index contributed by atoms with van der Waals surface area (Å²) in [5, 5.41) is 7.03. The fourth-order valence-electron chi connectivity index (χ4n) is 2.80. The molecule has 28 heavy (non-hydrogen) atoms. The van der Waals surface area contributed by atoms with Gasteiger partial charge in [0.25, 0.3) is 5.56 Å². The number of nitrogens with zero attached hydrogens (tertiary/aromatic N) is 3. The van der Waals surface area contributed by atoms with Crippen LogP contribution in [0.1, 0.15) is 17.0 Å². The van der Waals surface area contributed by atoms with Crippen LogP contribution in [0.4, 0.5) is 18.9 Å². The molecule has 1 aromatic carbocycles. The molecule has 0 aliphatic carbocycles. The van der Waals surface area contributed by atoms with Crippen molar-refractivity contribution >= 4 is 11.6 Å². The summed E-state index contributed by atoms with van der Waals surface area (Å²) in [6, 6.07) is 10.8. The molecule has 3 rings (SSSR count). The number of aromatic nitrogens is 3. The van der Waals surface area contributed by atoms with Gasteiger partial charge in [0.05, 0.1) is 28.3 Å². The number of nitrogens with one attached hydrogen (secondary N) is 1. The number of aryl methyl sites for hydroxylation is 1. The minimum absolute atomic E-state index is 0.453. The van der Waals surface area contributed by atoms with Crippen molar-refractivity contribution in [3.63, 3.8) is 0 Å². The van der Waals surface area contributed by atoms with Gasteiger partial charge in [0, 0.05) is 12.3 Å². The molecular weight excluding hydrogens is 373 g/mol. The van der Waals surface area contributed by atoms with Gasteiger partial charge in [-0.05, 0) is 32.0 Å². The van der Waals surface area contributed by atoms with Gasteiger partial charge in [-0.1, -0.05) is 18.2 Å². The molecule has 0 spiro atoms. The zero-order valence-electron chi connectivity index (χ0n) is 15.1. The van der Waals surface area contributed by atoms with Crippen molar-refractivity contribution in [3.05, 3.63) is 76.0 Å². The molecule has 0 radical (unpaired) electrons. The van der Waals surface area contributed by atoms with E-state index >= 15 is 0 Å². The number of para-hydroxylation sites is 1. The SMILES string of the molecule is Cc1nn(-c2ccccc2)c(C)c1NC(=O)Cn1cc(C(F)(F)F)ccc1=O. The molecule has 0 aliphatic rings. The van der Waals surface area contributed by atoms with Crippen LogP contribution in [-0.2, 0) is 17.5 Å². The van der Waals surface area contributed by atoms with E-state index < -0.39 is 29.8 Å². The van der Waals surface area contributed by atoms with Crippen molar-refractivity contribution in [3.8, 4) is 5.69 Å². The zero-order valence-corrected chi connectivity index (χ0v) is 15.1. The molecule has 0 saturated heterocycles. The lowest BCUT2D eigenvalue weighted by Gasteiger charge is -2.11. The summed E-state index contributed by atoms with van der Waals surface area (Å²) in [5.41, 5.74) is 0.770. The number of benzene rings is 1. The molecule has 0 fully saturated rings. The molecule has 0 unspecified atom stereocenters. The highest BCUT2D eigenvalue weighted by Gasteiger charge is 2.31. The van der Waals surface area contributed by atoms with E-state index in [0.717, 1.165) is 16.3 Å². The first-order chi connectivity index (χ1) is 13.2. The van der Waals surface area contributed by atoms with Crippen LogP contribution >= 0.6 is 0 Å². The molecule has 1 N–H and O–H groups in total. The van der Waals surface area contributed by atoms with Crippen molar-refractivity contribution in [2.75, 3.05) is 5.32 Å². The summed E-state index contributed by atoms with van der Waals surface area (Å²) >= 11 is 0. The average molecular weight is 390 g/mol. The predicted octanol–water partition coefficient (Wildman–Crippen LogP) is 3.31. The Balaban J connectivity index is 1.83. The fourth-order valence-corrected chi connectivity index (χ4v) is 2.80. The van der Waals surface area contributed by atoms with Crippen molar-refractivity contribution in [1.29, 1.82) is 0 Å². The number of alkyl halides is 3. The molecular formula is C19H17F3N4O2. The summed E-state index contributed by atoms with van der Waals surface area (Å²) in [7, 11) is 0. The number of pyridine rings is 1. The maximum atomic E-state index is 12.8. The van der Waals surface area contributed by atoms with E-state index in [-0.39, 0.29) is 0 Å². The molecule has 2 heterocycles. The molecule has 1 amide bonds. The third-order valence-corrected chi connectivity index (χ3v) is 4.18. The van der Waals surface area contributed by atoms with Gasteiger partial charge in [-0.2, -0.15) is 18.3 Å². The molecule has 146 valence electrons. The van der Waals surface area contributed by atoms with Gasteiger partial charge in [0.1, 0.15) is 6.54 Å². The Morgan fingerprint density at radius 2 is 1.79 bits per heavy atom. The van der Waals surface area contributed by atoms with Gasteiger partial charge in [0.2, 0.25) is 5.91 Å². The number of amides is 1. The average Bonchev–Trinajstić information content (AvgIpc) is 2.91. The Hall–Kier alpha value is -3.36. The fraction of sp³-hybridized carbons (Fsp3) is 0.211. The van der Waals surface area contributed by atoms with Gasteiger partial charge < -0.3 is 9.88 Å². The predicted molar refractivity (Wildman–Crippen MR) is 97.4 cm³/mol. The Kier molecular flexibility index (Phi) is 5.08. The summed E-state index contributed by atoms with van der Waals surface area (Å²) in [4.78, 5) is 24.2. The lowest BCUT2D eigenvalue weighted by Crippen LogP contribution is -2.28. The number of hydrogen-bond acceptors (Lipinski definition) is 3. The smallest absolute Gasteiger partial charge is 0.321 e. The molecule has 0 saturated carbocycles. The van der Waals surface area contributed by atoms with Gasteiger partial charge in [-0.25, -0.2) is 4.68 Å². The van der Waals surface area contributed by atoms with Crippen LogP contribution in [-0.4, -0.2) is 20.3 Å². The number of rotatable bonds is 4. The maximum absolute atomic E-state index is 12.8. The Bertz CT molecular complexity index is 1070. The molecule has 2 aromatic heterocycles. The number of hydrogen-bond donors (Lipinski definition) is 1. The lowest BCUT2D eigenvalue weighted by molar-refractivity contribution is -0.138. The van der Waals surface area contributed by atoms with Crippen LogP contribution in [0.15, 0.2) is 53.5 Å². The van der Waals surface area contributed by atoms with Gasteiger partial charge >= 0.3 is 6.18 Å². The quantitative estimate of drug-likeness (QED) is 0.743. The molecule has 0 aliphatic heterocycles. The van der Waals surface area contributed by atoms with E-state index in [1.807, 2.05) is 30.3 Å². The highest BCUT2D eigenvalue weighted by Crippen LogP contribution is 2.28. The first-order valence-corrected chi connectivity index (χ1v) is 8.36. The molecule has 0 atom stereocenters. The van der Waals surface area contributed by atoms with E-state index in [1.54, 1.807) is 18.5 Å². The van der Waals surface area contributed by atoms with Crippen LogP contribution in [0.25, 0.3) is 5.69 Å². The Morgan fingerprint density at radius 1 is 1.11 bits per heavy atom. The standard InChI is InChI=1S/C19H17F3N4O2/c1-12-18(13(2)26(24-12)15-6-4-3-5-7-15)23-16(27)11-25-10-14(19(20,21)22)8-9-17(25)28/h3-10H,11H2,1-2H3,(H,23,27). The molecule has 9 heteroatoms. The van der Waals surface area contributed by atoms with E-state index in [9.17, 15) is 22.8 Å². The van der Waals surface area contributed by atoms with E-state index in [2.05, 4.69) is 10.4 Å². The molecule has 6 nitrogen and oxygen atoms in total. The van der Waals surface area contributed by atoms with E-state index in [4.69, 9.17) is 0 Å². The maximum Gasteiger partial charge on any atom is 0.417 e. The van der Waals surface area contributed by atoms with Gasteiger partial charge in [-0.15, -0.1) is 0 Å². The Labute approximate surface area is 158 Å². The van der Waals surface area contributed by atoms with Crippen LogP contribution < -0.4 is 10.9 Å². The molecule has 3 aromatic rings. The third-order valence-electron chi connectivity index (χ3n) is 4.18. The van der Waals surface area contributed by atoms with E-state index in [1.165, 1.54) is 0 Å². The Morgan fingerprint density at radius 3 is 2.43 bits per heavy atom. The van der Waals surface area contributed by atoms with Crippen molar-refractivity contribution in [2.45, 2.75) is 26.6 Å². The van der Waals surface area contributed by atoms with Crippen LogP contribution in [0, 0.1) is 13.8 Å². The van der Waals surface area contributed by atoms with Gasteiger partial charge in [0.15, 0.2) is 0 Å². The summed E-state index contributed by atoms with van der Waals surface area (Å²) in [6.07, 6.45) is -3.97. The number of anilines is 1. The second-order valence-corrected chi connectivity index (χ2v) is 6.22. The minimum atomic E-state index is -4.60. The van der Waals surface area contributed by atoms with Crippen molar-refractivity contribution in [2.24, 2.45) is 0 Å². The second kappa shape index (κ2) is 7.34. The van der Waals surface area contributed by atoms with Crippen LogP contribution in [0.3, 0.4) is 0 Å². The van der Waals surface area contributed by atoms with Crippen LogP contribution in [0.5, 0.6) is 0 Å². The third kappa shape index (κ3) is 3.98. The van der Waals surface area contributed by atoms with Crippen molar-refractivity contribution < 1.29 is 18.0 Å². The highest BCUT2D eigenvalue weighted by molar-refractivity contribution is 5.91. The largest absolute Gasteiger partial charge is 0.417 e. The van der Waals surface area contributed by atoms with Gasteiger partial charge in [-0.3, -0.25) is 9.59 Å². The summed E-state index contributed by atoms with van der Waals surface area (Å²) < 4.78 is 40.9. The lowest BCUT2D eigenvalue weighted by atomic mass is 10.2. The van der Waals surface area contributed by atoms with Crippen molar-refractivity contribution in [1.82, 2.24) is 14.3 Å². The number of carbonyl (C=O) groups is 1. The molecule has 0 bridgehead atoms. The first kappa shape index (κ1) is 19.4. The monoisotopic (exact) mass is 390 g/mol. The number of carbonyl (C=O) groups excluding carboxylic acids is 1. The zero-order chi connectivity index (χ0) is 20.5.